The average Bonchev–Trinajstić information content (AvgIpc) is 3.50. The van der Waals surface area contributed by atoms with Crippen molar-refractivity contribution < 1.29 is 47.5 Å². The van der Waals surface area contributed by atoms with Crippen LogP contribution in [-0.4, -0.2) is 118 Å². The Bertz CT molecular complexity index is 3040. The fourth-order valence-corrected chi connectivity index (χ4v) is 10.1. The number of benzene rings is 6. The molecule has 398 valence electrons. The molecule has 0 radical (unpaired) electrons. The predicted octanol–water partition coefficient (Wildman–Crippen LogP) is 11.4. The number of nitrogens with zero attached hydrogens (tertiary/aromatic N) is 3. The molecule has 3 aliphatic rings. The largest absolute Gasteiger partial charge is 0.496 e. The Morgan fingerprint density at radius 2 is 1.00 bits per heavy atom. The summed E-state index contributed by atoms with van der Waals surface area (Å²) in [7, 11) is 4.89. The molecule has 0 N–H and O–H groups in total. The van der Waals surface area contributed by atoms with Crippen LogP contribution < -0.4 is 33.2 Å². The molecule has 0 unspecified atom stereocenters. The molecule has 0 aliphatic carbocycles. The first kappa shape index (κ1) is 53.4. The number of para-hydroxylation sites is 1. The van der Waals surface area contributed by atoms with Gasteiger partial charge in [0.25, 0.3) is 0 Å². The molecule has 13 heteroatoms. The first-order valence-electron chi connectivity index (χ1n) is 26.4. The van der Waals surface area contributed by atoms with Gasteiger partial charge in [-0.15, -0.1) is 0 Å². The van der Waals surface area contributed by atoms with Gasteiger partial charge in [0.2, 0.25) is 17.7 Å². The molecule has 13 nitrogen and oxygen atoms in total. The van der Waals surface area contributed by atoms with Crippen molar-refractivity contribution in [3.05, 3.63) is 170 Å². The van der Waals surface area contributed by atoms with Crippen LogP contribution in [0.15, 0.2) is 164 Å². The van der Waals surface area contributed by atoms with Crippen LogP contribution in [0.25, 0.3) is 39.5 Å². The van der Waals surface area contributed by atoms with Gasteiger partial charge < -0.3 is 47.9 Å². The predicted molar refractivity (Wildman–Crippen MR) is 300 cm³/mol. The summed E-state index contributed by atoms with van der Waals surface area (Å²) < 4.78 is 43.2. The summed E-state index contributed by atoms with van der Waals surface area (Å²) in [4.78, 5) is 44.8. The van der Waals surface area contributed by atoms with Crippen molar-refractivity contribution in [3.8, 4) is 73.6 Å². The second kappa shape index (κ2) is 25.9. The zero-order valence-electron chi connectivity index (χ0n) is 44.1. The molecule has 3 amide bonds. The lowest BCUT2D eigenvalue weighted by Gasteiger charge is -2.32. The van der Waals surface area contributed by atoms with Crippen LogP contribution in [-0.2, 0) is 14.4 Å². The molecule has 6 aromatic rings. The number of carbonyl (C=O) groups excluding carboxylic acids is 3. The molecule has 0 bridgehead atoms. The normalized spacial score (nSPS) is 15.5. The van der Waals surface area contributed by atoms with Crippen LogP contribution >= 0.6 is 0 Å². The highest BCUT2D eigenvalue weighted by Crippen LogP contribution is 2.42. The highest BCUT2D eigenvalue weighted by molar-refractivity contribution is 5.94. The van der Waals surface area contributed by atoms with Crippen LogP contribution in [0.1, 0.15) is 44.1 Å². The monoisotopic (exact) mass is 1040 g/mol. The number of ether oxygens (including phenoxy) is 7. The quantitative estimate of drug-likeness (QED) is 0.0724. The maximum atomic E-state index is 13.8. The Labute approximate surface area is 451 Å². The topological polar surface area (TPSA) is 126 Å². The molecule has 0 aromatic heterocycles. The van der Waals surface area contributed by atoms with E-state index >= 15 is 0 Å². The lowest BCUT2D eigenvalue weighted by molar-refractivity contribution is -0.128. The molecular formula is C64H67N3O10. The van der Waals surface area contributed by atoms with E-state index in [1.807, 2.05) is 137 Å². The summed E-state index contributed by atoms with van der Waals surface area (Å²) in [5, 5.41) is 0. The molecule has 3 fully saturated rings. The van der Waals surface area contributed by atoms with Crippen molar-refractivity contribution in [3.63, 3.8) is 0 Å². The minimum absolute atomic E-state index is 0.00542. The summed E-state index contributed by atoms with van der Waals surface area (Å²) in [6.07, 6.45) is 12.0. The van der Waals surface area contributed by atoms with Crippen molar-refractivity contribution in [2.24, 2.45) is 0 Å². The van der Waals surface area contributed by atoms with E-state index in [0.29, 0.717) is 99.4 Å². The Balaban J connectivity index is 0.800. The standard InChI is InChI=1S/C64H67N3O10/c1-5-62(68)65-34-28-49(29-35-65)75-52-24-26-57(55(43-52)46-17-10-7-11-18-46)74-40-14-21-63(69)66-36-30-51(31-37-66)77-61-44-54(53-19-12-13-20-56(53)71-2)48(42-59(61)73-4)23-27-64(70)67-38-32-50(33-39-67)76-60-41-47(22-25-58(60)72-3)45-15-8-6-9-16-45/h5-27,41-44,49-51H,1,28-40H2,2-4H3/b21-14+,27-23+. The van der Waals surface area contributed by atoms with Crippen LogP contribution in [0.3, 0.4) is 0 Å². The number of methoxy groups -OCH3 is 3. The highest BCUT2D eigenvalue weighted by atomic mass is 16.5. The molecule has 9 rings (SSSR count). The molecule has 3 heterocycles. The minimum Gasteiger partial charge on any atom is -0.496 e. The van der Waals surface area contributed by atoms with E-state index in [1.165, 1.54) is 6.08 Å². The van der Waals surface area contributed by atoms with Gasteiger partial charge in [0.1, 0.15) is 42.2 Å². The molecule has 77 heavy (non-hydrogen) atoms. The molecule has 0 saturated carbocycles. The third kappa shape index (κ3) is 13.5. The lowest BCUT2D eigenvalue weighted by Crippen LogP contribution is -2.41. The maximum absolute atomic E-state index is 13.8. The van der Waals surface area contributed by atoms with Gasteiger partial charge >= 0.3 is 0 Å². The van der Waals surface area contributed by atoms with E-state index in [9.17, 15) is 14.4 Å². The molecule has 6 aromatic carbocycles. The van der Waals surface area contributed by atoms with Crippen LogP contribution in [0.5, 0.6) is 40.2 Å². The van der Waals surface area contributed by atoms with Gasteiger partial charge in [0.05, 0.1) is 21.3 Å². The van der Waals surface area contributed by atoms with Gasteiger partial charge in [0.15, 0.2) is 23.0 Å². The summed E-state index contributed by atoms with van der Waals surface area (Å²) in [5.74, 6) is 4.29. The maximum Gasteiger partial charge on any atom is 0.246 e. The number of hydrogen-bond donors (Lipinski definition) is 0. The van der Waals surface area contributed by atoms with Gasteiger partial charge in [-0.25, -0.2) is 0 Å². The first-order chi connectivity index (χ1) is 37.7. The van der Waals surface area contributed by atoms with E-state index < -0.39 is 0 Å². The van der Waals surface area contributed by atoms with Crippen molar-refractivity contribution in [1.82, 2.24) is 14.7 Å². The van der Waals surface area contributed by atoms with E-state index in [4.69, 9.17) is 33.2 Å². The second-order valence-electron chi connectivity index (χ2n) is 19.2. The van der Waals surface area contributed by atoms with E-state index in [2.05, 4.69) is 18.7 Å². The van der Waals surface area contributed by atoms with Crippen LogP contribution in [0.2, 0.25) is 0 Å². The van der Waals surface area contributed by atoms with Crippen molar-refractivity contribution in [2.75, 3.05) is 67.2 Å². The fraction of sp³-hybridized carbons (Fsp3) is 0.297. The van der Waals surface area contributed by atoms with E-state index in [1.54, 1.807) is 44.5 Å². The fourth-order valence-electron chi connectivity index (χ4n) is 10.1. The van der Waals surface area contributed by atoms with Crippen molar-refractivity contribution in [1.29, 1.82) is 0 Å². The van der Waals surface area contributed by atoms with E-state index in [0.717, 1.165) is 57.5 Å². The number of piperidine rings is 3. The van der Waals surface area contributed by atoms with Gasteiger partial charge in [-0.3, -0.25) is 14.4 Å². The Morgan fingerprint density at radius 3 is 1.61 bits per heavy atom. The van der Waals surface area contributed by atoms with Crippen molar-refractivity contribution >= 4 is 23.8 Å². The number of rotatable bonds is 19. The lowest BCUT2D eigenvalue weighted by atomic mass is 9.97. The smallest absolute Gasteiger partial charge is 0.246 e. The second-order valence-corrected chi connectivity index (χ2v) is 19.2. The Hall–Kier alpha value is -8.45. The summed E-state index contributed by atoms with van der Waals surface area (Å²) in [6.45, 7) is 7.19. The minimum atomic E-state index is -0.174. The van der Waals surface area contributed by atoms with E-state index in [-0.39, 0.29) is 42.6 Å². The molecular weight excluding hydrogens is 971 g/mol. The van der Waals surface area contributed by atoms with Crippen LogP contribution in [0.4, 0.5) is 0 Å². The number of carbonyl (C=O) groups is 3. The molecule has 3 saturated heterocycles. The third-order valence-corrected chi connectivity index (χ3v) is 14.4. The van der Waals surface area contributed by atoms with Gasteiger partial charge in [-0.1, -0.05) is 91.5 Å². The van der Waals surface area contributed by atoms with Crippen molar-refractivity contribution in [2.45, 2.75) is 56.8 Å². The first-order valence-corrected chi connectivity index (χ1v) is 26.4. The SMILES string of the molecule is C=CC(=O)N1CCC(Oc2ccc(OC/C=C/C(=O)N3CCC(Oc4cc(-c5ccccc5OC)c(/C=C/C(=O)N5CCC(Oc6cc(-c7ccccc7)ccc6OC)CC5)cc4OC)CC3)c(-c3ccccc3)c2)CC1. The molecule has 0 atom stereocenters. The zero-order valence-corrected chi connectivity index (χ0v) is 44.1. The summed E-state index contributed by atoms with van der Waals surface area (Å²) in [6, 6.07) is 43.6. The highest BCUT2D eigenvalue weighted by Gasteiger charge is 2.28. The van der Waals surface area contributed by atoms with Crippen LogP contribution in [0, 0.1) is 0 Å². The third-order valence-electron chi connectivity index (χ3n) is 14.4. The number of hydrogen-bond acceptors (Lipinski definition) is 10. The van der Waals surface area contributed by atoms with Gasteiger partial charge in [0, 0.05) is 101 Å². The van der Waals surface area contributed by atoms with Gasteiger partial charge in [-0.2, -0.15) is 0 Å². The number of amides is 3. The molecule has 0 spiro atoms. The molecule has 3 aliphatic heterocycles. The zero-order chi connectivity index (χ0) is 53.5. The number of likely N-dealkylation sites (tertiary alicyclic amines) is 3. The summed E-state index contributed by atoms with van der Waals surface area (Å²) in [5.41, 5.74) is 6.43. The summed E-state index contributed by atoms with van der Waals surface area (Å²) >= 11 is 0. The van der Waals surface area contributed by atoms with Gasteiger partial charge in [-0.05, 0) is 94.6 Å². The Kier molecular flexibility index (Phi) is 17.9. The Morgan fingerprint density at radius 1 is 0.468 bits per heavy atom. The average molecular weight is 1040 g/mol.